The number of benzene rings is 2. The number of carbonyl (C=O) groups excluding carboxylic acids is 1. The second-order valence-corrected chi connectivity index (χ2v) is 19.0. The number of likely N-dealkylation sites (tertiary alicyclic amines) is 1. The van der Waals surface area contributed by atoms with Gasteiger partial charge >= 0.3 is 0 Å². The minimum absolute atomic E-state index is 0.111. The molecule has 0 aromatic heterocycles. The zero-order valence-corrected chi connectivity index (χ0v) is 31.0. The van der Waals surface area contributed by atoms with Crippen molar-refractivity contribution in [2.24, 2.45) is 17.8 Å². The number of fused-ring (bicyclic) bond motifs is 6. The fourth-order valence-electron chi connectivity index (χ4n) is 10.2. The smallest absolute Gasteiger partial charge is 0.264 e. The minimum Gasteiger partial charge on any atom is -0.490 e. The van der Waals surface area contributed by atoms with Crippen LogP contribution < -0.4 is 14.4 Å². The molecule has 3 fully saturated rings. The van der Waals surface area contributed by atoms with Crippen LogP contribution in [-0.2, 0) is 26.6 Å². The van der Waals surface area contributed by atoms with Gasteiger partial charge in [0, 0.05) is 48.7 Å². The first-order chi connectivity index (χ1) is 23.9. The van der Waals surface area contributed by atoms with Gasteiger partial charge in [0.25, 0.3) is 5.91 Å². The van der Waals surface area contributed by atoms with Gasteiger partial charge in [-0.25, -0.2) is 13.1 Å². The molecule has 6 aliphatic rings. The number of hydrogen-bond acceptors (Lipinski definition) is 8. The summed E-state index contributed by atoms with van der Waals surface area (Å²) in [6.45, 7) is 7.86. The number of rotatable bonds is 2. The number of morpholine rings is 1. The summed E-state index contributed by atoms with van der Waals surface area (Å²) in [5.41, 5.74) is 2.45. The lowest BCUT2D eigenvalue weighted by atomic mass is 9.62. The molecule has 2 aromatic rings. The second kappa shape index (κ2) is 13.2. The number of anilines is 1. The van der Waals surface area contributed by atoms with E-state index in [-0.39, 0.29) is 35.4 Å². The van der Waals surface area contributed by atoms with Crippen LogP contribution in [0, 0.1) is 17.8 Å². The SMILES string of the molecule is C[C@@H]1[C@@H](C)CCC[C@@](O)(CN2C[C@H]3CC[C@@H](C2)O3)[C@@H]2CC[C@H]2CN2C[C@@]3(CCCc4cc(Cl)ccc43)COc3ccc(cc32)C(=O)NS1(=O)=O. The van der Waals surface area contributed by atoms with Crippen LogP contribution >= 0.6 is 11.6 Å². The molecular weight excluding hydrogens is 674 g/mol. The van der Waals surface area contributed by atoms with Crippen molar-refractivity contribution in [3.05, 3.63) is 58.1 Å². The Labute approximate surface area is 302 Å². The minimum atomic E-state index is -3.94. The van der Waals surface area contributed by atoms with Gasteiger partial charge in [-0.15, -0.1) is 0 Å². The van der Waals surface area contributed by atoms with Gasteiger partial charge in [-0.1, -0.05) is 31.0 Å². The summed E-state index contributed by atoms with van der Waals surface area (Å²) in [4.78, 5) is 18.4. The van der Waals surface area contributed by atoms with Crippen molar-refractivity contribution in [2.45, 2.75) is 107 Å². The van der Waals surface area contributed by atoms with Crippen molar-refractivity contribution in [1.82, 2.24) is 9.62 Å². The fraction of sp³-hybridized carbons (Fsp3) is 0.667. The molecule has 4 heterocycles. The lowest BCUT2D eigenvalue weighted by Crippen LogP contribution is -2.58. The first-order valence-corrected chi connectivity index (χ1v) is 20.8. The monoisotopic (exact) mass is 725 g/mol. The quantitative estimate of drug-likeness (QED) is 0.406. The number of ether oxygens (including phenoxy) is 2. The molecule has 0 unspecified atom stereocenters. The topological polar surface area (TPSA) is 108 Å². The molecule has 11 heteroatoms. The zero-order chi connectivity index (χ0) is 34.8. The van der Waals surface area contributed by atoms with Crippen LogP contribution in [0.1, 0.15) is 93.1 Å². The van der Waals surface area contributed by atoms with Gasteiger partial charge in [0.1, 0.15) is 5.75 Å². The maximum atomic E-state index is 13.6. The van der Waals surface area contributed by atoms with Crippen LogP contribution in [0.25, 0.3) is 0 Å². The predicted octanol–water partition coefficient (Wildman–Crippen LogP) is 5.70. The largest absolute Gasteiger partial charge is 0.490 e. The molecule has 1 spiro atoms. The highest BCUT2D eigenvalue weighted by Crippen LogP contribution is 2.49. The molecule has 8 atom stereocenters. The highest BCUT2D eigenvalue weighted by atomic mass is 35.5. The van der Waals surface area contributed by atoms with Gasteiger partial charge in [-0.2, -0.15) is 0 Å². The Morgan fingerprint density at radius 2 is 1.78 bits per heavy atom. The number of aryl methyl sites for hydroxylation is 1. The normalized spacial score (nSPS) is 37.1. The number of nitrogens with one attached hydrogen (secondary N) is 1. The summed E-state index contributed by atoms with van der Waals surface area (Å²) < 4.78 is 42.3. The Balaban J connectivity index is 1.18. The van der Waals surface area contributed by atoms with E-state index < -0.39 is 26.8 Å². The Morgan fingerprint density at radius 1 is 0.980 bits per heavy atom. The zero-order valence-electron chi connectivity index (χ0n) is 29.4. The van der Waals surface area contributed by atoms with E-state index in [9.17, 15) is 18.3 Å². The Bertz CT molecular complexity index is 1730. The number of aliphatic hydroxyl groups is 1. The molecule has 1 saturated carbocycles. The van der Waals surface area contributed by atoms with E-state index >= 15 is 0 Å². The summed E-state index contributed by atoms with van der Waals surface area (Å²) in [5.74, 6) is 0.261. The number of amides is 1. The summed E-state index contributed by atoms with van der Waals surface area (Å²) in [6, 6.07) is 11.5. The predicted molar refractivity (Wildman–Crippen MR) is 195 cm³/mol. The lowest BCUT2D eigenvalue weighted by molar-refractivity contribution is -0.125. The third-order valence-electron chi connectivity index (χ3n) is 13.3. The van der Waals surface area contributed by atoms with Crippen LogP contribution in [0.3, 0.4) is 0 Å². The highest BCUT2D eigenvalue weighted by molar-refractivity contribution is 7.90. The molecular formula is C39H52ClN3O6S. The van der Waals surface area contributed by atoms with E-state index in [0.717, 1.165) is 81.7 Å². The first kappa shape index (κ1) is 34.7. The molecule has 4 aliphatic heterocycles. The molecule has 50 heavy (non-hydrogen) atoms. The van der Waals surface area contributed by atoms with Crippen molar-refractivity contribution in [1.29, 1.82) is 0 Å². The molecule has 9 nitrogen and oxygen atoms in total. The number of halogens is 1. The number of β-amino-alcohol motifs (C(OH)–C–C–N with tert-alkyl or cyclic N) is 1. The van der Waals surface area contributed by atoms with Crippen molar-refractivity contribution in [3.63, 3.8) is 0 Å². The lowest BCUT2D eigenvalue weighted by Gasteiger charge is -2.52. The Morgan fingerprint density at radius 3 is 2.54 bits per heavy atom. The van der Waals surface area contributed by atoms with Crippen LogP contribution in [0.4, 0.5) is 5.69 Å². The molecule has 0 radical (unpaired) electrons. The standard InChI is InChI=1S/C39H52ClN3O6S/c1-25-5-3-16-39(45,23-42-20-31-10-11-32(21-42)49-31)34-12-7-29(34)19-43-22-38(15-4-6-27-17-30(40)9-13-33(27)38)24-48-36-14-8-28(18-35(36)43)37(44)41-50(46,47)26(25)2/h8-9,13-14,17-18,25-26,29,31-32,34,45H,3-7,10-12,15-16,19-24H2,1-2H3,(H,41,44)/t25-,26+,29-,31-,32+,34+,38-,39+/m0/s1. The van der Waals surface area contributed by atoms with Crippen molar-refractivity contribution >= 4 is 33.2 Å². The summed E-state index contributed by atoms with van der Waals surface area (Å²) in [5, 5.41) is 12.8. The molecule has 4 bridgehead atoms. The molecule has 1 amide bonds. The maximum absolute atomic E-state index is 13.6. The van der Waals surface area contributed by atoms with Gasteiger partial charge in [-0.05, 0) is 124 Å². The van der Waals surface area contributed by atoms with Gasteiger partial charge in [-0.3, -0.25) is 9.69 Å². The van der Waals surface area contributed by atoms with Crippen LogP contribution in [0.2, 0.25) is 5.02 Å². The van der Waals surface area contributed by atoms with Crippen LogP contribution in [0.5, 0.6) is 5.75 Å². The van der Waals surface area contributed by atoms with Crippen molar-refractivity contribution < 1.29 is 27.8 Å². The number of nitrogens with zero attached hydrogens (tertiary/aromatic N) is 2. The number of hydrogen-bond donors (Lipinski definition) is 2. The van der Waals surface area contributed by atoms with E-state index in [1.54, 1.807) is 13.0 Å². The van der Waals surface area contributed by atoms with Gasteiger partial charge in [0.2, 0.25) is 10.0 Å². The van der Waals surface area contributed by atoms with Gasteiger partial charge in [0.15, 0.2) is 0 Å². The van der Waals surface area contributed by atoms with Crippen LogP contribution in [-0.4, -0.2) is 86.7 Å². The van der Waals surface area contributed by atoms with Crippen molar-refractivity contribution in [2.75, 3.05) is 44.2 Å². The summed E-state index contributed by atoms with van der Waals surface area (Å²) in [7, 11) is -3.94. The first-order valence-electron chi connectivity index (χ1n) is 18.9. The Kier molecular flexibility index (Phi) is 9.19. The Hall–Kier alpha value is -2.37. The molecule has 2 saturated heterocycles. The average Bonchev–Trinajstić information content (AvgIpc) is 3.32. The summed E-state index contributed by atoms with van der Waals surface area (Å²) in [6.07, 6.45) is 9.60. The van der Waals surface area contributed by atoms with E-state index in [1.165, 1.54) is 11.1 Å². The third-order valence-corrected chi connectivity index (χ3v) is 15.4. The third kappa shape index (κ3) is 6.46. The molecule has 2 N–H and O–H groups in total. The molecule has 2 aromatic carbocycles. The number of sulfonamides is 1. The van der Waals surface area contributed by atoms with Crippen LogP contribution in [0.15, 0.2) is 36.4 Å². The van der Waals surface area contributed by atoms with E-state index in [0.29, 0.717) is 43.9 Å². The van der Waals surface area contributed by atoms with Gasteiger partial charge in [0.05, 0.1) is 35.4 Å². The van der Waals surface area contributed by atoms with Gasteiger partial charge < -0.3 is 19.5 Å². The number of carbonyl (C=O) groups is 1. The molecule has 8 rings (SSSR count). The van der Waals surface area contributed by atoms with E-state index in [1.807, 2.05) is 25.1 Å². The average molecular weight is 726 g/mol. The fourth-order valence-corrected chi connectivity index (χ4v) is 11.7. The molecule has 272 valence electrons. The molecule has 2 aliphatic carbocycles. The summed E-state index contributed by atoms with van der Waals surface area (Å²) >= 11 is 6.47. The van der Waals surface area contributed by atoms with Crippen molar-refractivity contribution in [3.8, 4) is 5.75 Å². The van der Waals surface area contributed by atoms with E-state index in [2.05, 4.69) is 26.7 Å². The maximum Gasteiger partial charge on any atom is 0.264 e. The highest BCUT2D eigenvalue weighted by Gasteiger charge is 2.50. The van der Waals surface area contributed by atoms with E-state index in [4.69, 9.17) is 21.1 Å². The second-order valence-electron chi connectivity index (χ2n) is 16.5.